The molecule has 0 aromatic heterocycles. The molecule has 0 N–H and O–H groups in total. The lowest BCUT2D eigenvalue weighted by atomic mass is 9.78. The highest BCUT2D eigenvalue weighted by molar-refractivity contribution is 4.89. The topological polar surface area (TPSA) is 21.7 Å². The van der Waals surface area contributed by atoms with E-state index in [1.165, 1.54) is 32.2 Å². The van der Waals surface area contributed by atoms with Crippen molar-refractivity contribution in [1.29, 1.82) is 0 Å². The first-order valence-electron chi connectivity index (χ1n) is 7.70. The fourth-order valence-corrected chi connectivity index (χ4v) is 3.91. The van der Waals surface area contributed by atoms with E-state index in [1.54, 1.807) is 0 Å². The number of piperidine rings is 1. The summed E-state index contributed by atoms with van der Waals surface area (Å²) in [6.07, 6.45) is 6.42. The van der Waals surface area contributed by atoms with E-state index in [1.807, 2.05) is 0 Å². The fourth-order valence-electron chi connectivity index (χ4n) is 3.91. The van der Waals surface area contributed by atoms with Gasteiger partial charge in [-0.05, 0) is 44.1 Å². The van der Waals surface area contributed by atoms with Crippen molar-refractivity contribution in [3.8, 4) is 0 Å². The molecule has 0 aromatic rings. The third-order valence-electron chi connectivity index (χ3n) is 5.35. The van der Waals surface area contributed by atoms with Crippen LogP contribution in [0.25, 0.3) is 0 Å². The minimum atomic E-state index is -0.245. The molecule has 1 saturated carbocycles. The van der Waals surface area contributed by atoms with Crippen LogP contribution in [0.5, 0.6) is 0 Å². The zero-order valence-electron chi connectivity index (χ0n) is 11.9. The number of hydrogen-bond donors (Lipinski definition) is 0. The Morgan fingerprint density at radius 2 is 1.83 bits per heavy atom. The number of rotatable bonds is 1. The Bertz CT molecular complexity index is 288. The van der Waals surface area contributed by atoms with Crippen LogP contribution in [0.2, 0.25) is 0 Å². The Hall–Kier alpha value is -0.120. The summed E-state index contributed by atoms with van der Waals surface area (Å²) in [6.45, 7) is 8.62. The minimum Gasteiger partial charge on any atom is -0.346 e. The molecule has 3 heteroatoms. The molecule has 3 atom stereocenters. The third-order valence-corrected chi connectivity index (χ3v) is 5.35. The maximum Gasteiger partial charge on any atom is 0.181 e. The normalized spacial score (nSPS) is 41.3. The van der Waals surface area contributed by atoms with E-state index in [4.69, 9.17) is 9.47 Å². The van der Waals surface area contributed by atoms with Gasteiger partial charge >= 0.3 is 0 Å². The van der Waals surface area contributed by atoms with Gasteiger partial charge in [-0.25, -0.2) is 0 Å². The van der Waals surface area contributed by atoms with Crippen molar-refractivity contribution in [2.24, 2.45) is 11.8 Å². The molecule has 18 heavy (non-hydrogen) atoms. The van der Waals surface area contributed by atoms with Crippen molar-refractivity contribution in [3.63, 3.8) is 0 Å². The molecule has 0 bridgehead atoms. The summed E-state index contributed by atoms with van der Waals surface area (Å²) < 4.78 is 11.8. The molecule has 3 aliphatic rings. The summed E-state index contributed by atoms with van der Waals surface area (Å²) in [4.78, 5) is 2.65. The summed E-state index contributed by atoms with van der Waals surface area (Å²) in [5.74, 6) is 1.52. The highest BCUT2D eigenvalue weighted by atomic mass is 16.7. The van der Waals surface area contributed by atoms with E-state index >= 15 is 0 Å². The molecule has 1 aliphatic carbocycles. The van der Waals surface area contributed by atoms with Gasteiger partial charge in [-0.15, -0.1) is 0 Å². The number of likely N-dealkylation sites (tertiary alicyclic amines) is 1. The molecule has 2 heterocycles. The molecular formula is C15H27NO2. The van der Waals surface area contributed by atoms with Crippen molar-refractivity contribution >= 4 is 0 Å². The van der Waals surface area contributed by atoms with E-state index in [9.17, 15) is 0 Å². The zero-order chi connectivity index (χ0) is 12.6. The van der Waals surface area contributed by atoms with Crippen LogP contribution in [-0.2, 0) is 9.47 Å². The smallest absolute Gasteiger partial charge is 0.181 e. The number of nitrogens with zero attached hydrogens (tertiary/aromatic N) is 1. The van der Waals surface area contributed by atoms with Crippen LogP contribution in [0, 0.1) is 11.8 Å². The number of hydrogen-bond acceptors (Lipinski definition) is 3. The molecule has 0 amide bonds. The Balaban J connectivity index is 1.62. The van der Waals surface area contributed by atoms with Crippen molar-refractivity contribution in [3.05, 3.63) is 0 Å². The number of ether oxygens (including phenoxy) is 2. The Kier molecular flexibility index (Phi) is 3.65. The van der Waals surface area contributed by atoms with E-state index < -0.39 is 0 Å². The van der Waals surface area contributed by atoms with Crippen molar-refractivity contribution in [2.75, 3.05) is 26.3 Å². The summed E-state index contributed by atoms with van der Waals surface area (Å²) in [5.41, 5.74) is 0. The Morgan fingerprint density at radius 3 is 2.56 bits per heavy atom. The Labute approximate surface area is 111 Å². The second kappa shape index (κ2) is 5.10. The van der Waals surface area contributed by atoms with Crippen molar-refractivity contribution in [2.45, 2.75) is 57.8 Å². The van der Waals surface area contributed by atoms with Gasteiger partial charge in [-0.1, -0.05) is 13.8 Å². The van der Waals surface area contributed by atoms with Crippen molar-refractivity contribution < 1.29 is 9.47 Å². The average Bonchev–Trinajstić information content (AvgIpc) is 2.81. The van der Waals surface area contributed by atoms with Crippen molar-refractivity contribution in [1.82, 2.24) is 4.90 Å². The maximum atomic E-state index is 5.89. The molecule has 3 fully saturated rings. The summed E-state index contributed by atoms with van der Waals surface area (Å²) in [6, 6.07) is 0.765. The van der Waals surface area contributed by atoms with E-state index in [-0.39, 0.29) is 5.79 Å². The van der Waals surface area contributed by atoms with Gasteiger partial charge in [-0.3, -0.25) is 4.90 Å². The highest BCUT2D eigenvalue weighted by Gasteiger charge is 2.43. The van der Waals surface area contributed by atoms with Gasteiger partial charge in [0.1, 0.15) is 0 Å². The molecule has 3 nitrogen and oxygen atoms in total. The second-order valence-electron chi connectivity index (χ2n) is 6.60. The van der Waals surface area contributed by atoms with Gasteiger partial charge < -0.3 is 9.47 Å². The molecule has 0 radical (unpaired) electrons. The molecule has 2 aliphatic heterocycles. The van der Waals surface area contributed by atoms with Crippen LogP contribution in [0.4, 0.5) is 0 Å². The lowest BCUT2D eigenvalue weighted by Crippen LogP contribution is -2.53. The van der Waals surface area contributed by atoms with Gasteiger partial charge in [0.15, 0.2) is 5.79 Å². The van der Waals surface area contributed by atoms with Gasteiger partial charge in [0.05, 0.1) is 19.8 Å². The quantitative estimate of drug-likeness (QED) is 0.717. The van der Waals surface area contributed by atoms with Gasteiger partial charge in [-0.2, -0.15) is 0 Å². The van der Waals surface area contributed by atoms with Crippen LogP contribution in [0.3, 0.4) is 0 Å². The van der Waals surface area contributed by atoms with Crippen LogP contribution in [0.15, 0.2) is 0 Å². The van der Waals surface area contributed by atoms with Crippen LogP contribution >= 0.6 is 0 Å². The predicted octanol–water partition coefficient (Wildman–Crippen LogP) is 2.65. The van der Waals surface area contributed by atoms with Gasteiger partial charge in [0, 0.05) is 12.5 Å². The molecule has 3 unspecified atom stereocenters. The minimum absolute atomic E-state index is 0.245. The lowest BCUT2D eigenvalue weighted by Gasteiger charge is -2.45. The fraction of sp³-hybridized carbons (Fsp3) is 1.00. The Morgan fingerprint density at radius 1 is 1.06 bits per heavy atom. The van der Waals surface area contributed by atoms with Gasteiger partial charge in [0.2, 0.25) is 0 Å². The maximum absolute atomic E-state index is 5.89. The monoisotopic (exact) mass is 253 g/mol. The first-order chi connectivity index (χ1) is 8.69. The zero-order valence-corrected chi connectivity index (χ0v) is 11.9. The molecular weight excluding hydrogens is 226 g/mol. The summed E-state index contributed by atoms with van der Waals surface area (Å²) >= 11 is 0. The molecule has 3 rings (SSSR count). The predicted molar refractivity (Wildman–Crippen MR) is 71.4 cm³/mol. The molecule has 0 aromatic carbocycles. The molecule has 2 saturated heterocycles. The second-order valence-corrected chi connectivity index (χ2v) is 6.60. The molecule has 1 spiro atoms. The largest absolute Gasteiger partial charge is 0.346 e. The van der Waals surface area contributed by atoms with Crippen LogP contribution in [0.1, 0.15) is 46.0 Å². The van der Waals surface area contributed by atoms with Crippen LogP contribution in [-0.4, -0.2) is 43.0 Å². The van der Waals surface area contributed by atoms with E-state index in [0.717, 1.165) is 44.1 Å². The first-order valence-corrected chi connectivity index (χ1v) is 7.70. The highest BCUT2D eigenvalue weighted by Crippen LogP contribution is 2.36. The van der Waals surface area contributed by atoms with Crippen LogP contribution < -0.4 is 0 Å². The van der Waals surface area contributed by atoms with E-state index in [0.29, 0.717) is 0 Å². The third kappa shape index (κ3) is 2.45. The summed E-state index contributed by atoms with van der Waals surface area (Å²) in [7, 11) is 0. The van der Waals surface area contributed by atoms with E-state index in [2.05, 4.69) is 18.7 Å². The average molecular weight is 253 g/mol. The first kappa shape index (κ1) is 12.9. The standard InChI is InChI=1S/C15H27NO2/c1-12-4-5-14(10-13(12)2)16-7-3-6-15(11-16)17-8-9-18-15/h12-14H,3-11H2,1-2H3. The SMILES string of the molecule is CC1CCC(N2CCCC3(C2)OCCO3)CC1C. The molecule has 104 valence electrons. The van der Waals surface area contributed by atoms with Gasteiger partial charge in [0.25, 0.3) is 0 Å². The lowest BCUT2D eigenvalue weighted by molar-refractivity contribution is -0.195. The summed E-state index contributed by atoms with van der Waals surface area (Å²) in [5, 5.41) is 0.